The van der Waals surface area contributed by atoms with E-state index in [9.17, 15) is 32.3 Å². The highest BCUT2D eigenvalue weighted by Crippen LogP contribution is 2.46. The fraction of sp³-hybridized carbons (Fsp3) is 0.773. The number of hydrogen-bond donors (Lipinski definition) is 2. The van der Waals surface area contributed by atoms with E-state index in [2.05, 4.69) is 94.7 Å². The quantitative estimate of drug-likeness (QED) is 0.0669. The summed E-state index contributed by atoms with van der Waals surface area (Å²) in [7, 11) is 1.57. The van der Waals surface area contributed by atoms with Gasteiger partial charge in [-0.1, -0.05) is 141 Å². The van der Waals surface area contributed by atoms with E-state index < -0.39 is 30.3 Å². The van der Waals surface area contributed by atoms with Crippen molar-refractivity contribution in [2.45, 2.75) is 251 Å². The number of benzene rings is 1. The number of hydrogen-bond acceptors (Lipinski definition) is 11. The van der Waals surface area contributed by atoms with Crippen LogP contribution in [-0.4, -0.2) is 146 Å². The number of aromatic nitrogens is 2. The first-order chi connectivity index (χ1) is 44.4. The second-order valence-corrected chi connectivity index (χ2v) is 28.1. The van der Waals surface area contributed by atoms with Gasteiger partial charge in [0.15, 0.2) is 0 Å². The zero-order chi connectivity index (χ0) is 69.0. The molecule has 5 heterocycles. The van der Waals surface area contributed by atoms with Gasteiger partial charge in [-0.3, -0.25) is 34.1 Å². The maximum absolute atomic E-state index is 14.2. The van der Waals surface area contributed by atoms with Gasteiger partial charge in [0.05, 0.1) is 43.4 Å². The normalized spacial score (nSPS) is 19.1. The third-order valence-electron chi connectivity index (χ3n) is 19.6. The average molecular weight is 1310 g/mol. The predicted octanol–water partition coefficient (Wildman–Crippen LogP) is 15.8. The molecule has 3 amide bonds. The number of anilines is 1. The number of unbranched alkanes of at least 4 members (excludes halogenated alkanes) is 1. The Morgan fingerprint density at radius 3 is 2.06 bits per heavy atom. The number of hydrazine groups is 1. The first-order valence-electron chi connectivity index (χ1n) is 36.4. The Morgan fingerprint density at radius 2 is 1.53 bits per heavy atom. The molecule has 5 fully saturated rings. The Bertz CT molecular complexity index is 2660. The minimum atomic E-state index is -4.46. The lowest BCUT2D eigenvalue weighted by Crippen LogP contribution is -2.58. The number of carbonyl (C=O) groups excluding carboxylic acids is 4. The average Bonchev–Trinajstić information content (AvgIpc) is 1.61. The molecule has 2 aromatic heterocycles. The van der Waals surface area contributed by atoms with Crippen LogP contribution >= 0.6 is 0 Å². The summed E-state index contributed by atoms with van der Waals surface area (Å²) >= 11 is 0. The van der Waals surface area contributed by atoms with Gasteiger partial charge in [0, 0.05) is 92.6 Å². The Morgan fingerprint density at radius 1 is 0.849 bits per heavy atom. The molecule has 3 aromatic rings. The molecule has 0 radical (unpaired) electrons. The van der Waals surface area contributed by atoms with Gasteiger partial charge in [0.1, 0.15) is 12.6 Å². The number of ether oxygens (including phenoxy) is 3. The molecule has 18 heteroatoms. The lowest BCUT2D eigenvalue weighted by molar-refractivity contribution is -0.141. The van der Waals surface area contributed by atoms with Crippen molar-refractivity contribution in [1.29, 1.82) is 0 Å². The van der Waals surface area contributed by atoms with Crippen LogP contribution in [0.3, 0.4) is 0 Å². The van der Waals surface area contributed by atoms with Crippen molar-refractivity contribution < 1.29 is 46.6 Å². The molecule has 5 aliphatic rings. The molecule has 3 aliphatic heterocycles. The van der Waals surface area contributed by atoms with Crippen molar-refractivity contribution in [3.8, 4) is 11.3 Å². The highest BCUT2D eigenvalue weighted by Gasteiger charge is 2.43. The smallest absolute Gasteiger partial charge is 0.406 e. The number of nitrogens with zero attached hydrogens (tertiary/aromatic N) is 6. The number of likely N-dealkylation sites (tertiary alicyclic amines) is 1. The van der Waals surface area contributed by atoms with Crippen molar-refractivity contribution in [3.63, 3.8) is 0 Å². The van der Waals surface area contributed by atoms with Gasteiger partial charge in [-0.05, 0) is 156 Å². The van der Waals surface area contributed by atoms with Crippen LogP contribution < -0.4 is 15.6 Å². The summed E-state index contributed by atoms with van der Waals surface area (Å²) in [4.78, 5) is 62.7. The third-order valence-corrected chi connectivity index (χ3v) is 19.6. The van der Waals surface area contributed by atoms with E-state index >= 15 is 0 Å². The molecule has 7 unspecified atom stereocenters. The molecule has 1 aromatic carbocycles. The van der Waals surface area contributed by atoms with Crippen LogP contribution in [0.25, 0.3) is 22.2 Å². The first-order valence-corrected chi connectivity index (χ1v) is 36.4. The van der Waals surface area contributed by atoms with E-state index in [-0.39, 0.29) is 30.4 Å². The Kier molecular flexibility index (Phi) is 35.3. The fourth-order valence-corrected chi connectivity index (χ4v) is 14.2. The van der Waals surface area contributed by atoms with Crippen molar-refractivity contribution in [2.24, 2.45) is 46.8 Å². The van der Waals surface area contributed by atoms with Gasteiger partial charge in [0.25, 0.3) is 12.4 Å². The summed E-state index contributed by atoms with van der Waals surface area (Å²) in [6.45, 7) is 40.3. The van der Waals surface area contributed by atoms with Gasteiger partial charge < -0.3 is 33.9 Å². The lowest BCUT2D eigenvalue weighted by Gasteiger charge is -2.35. The molecule has 8 rings (SSSR count). The second kappa shape index (κ2) is 40.7. The first kappa shape index (κ1) is 80.7. The van der Waals surface area contributed by atoms with Crippen LogP contribution in [0.1, 0.15) is 230 Å². The van der Waals surface area contributed by atoms with Crippen LogP contribution in [-0.2, 0) is 52.8 Å². The third kappa shape index (κ3) is 24.7. The molecule has 2 saturated carbocycles. The standard InChI is InChI=1S/C31H40F3N3O4.C31H55N5O3.C7H16.C4H10.C2H6/c1-6-7-22-14-25(28(35-17-22)21(2)39-5)29-26(16-30(3,4)19-41-20-38)24-15-23(36-10-12-40-13-11-36)8-9-27(24)37(29)18-31(32,33)34;1-6-34(30(38)22(4)27(21(2)3)25-13-14-25)19-24-15-18-35(20-24)28(26-11-7-8-12-26)29(37)33-23(5)31(39)36-17-10-9-16-32-36;1-4-6-7(3)5-2;1-3-4-2;1-2/h8-9,14-15,17,20-21H,6-7,10-13,16,18-19H2,1-5H3;21-28,32H,6-20H2,1-5H3,(H,33,37);7H,4-6H2,1-3H3;3-4H2,1-2H3;1-2H3. The molecule has 7 atom stereocenters. The number of morpholine rings is 1. The Labute approximate surface area is 560 Å². The van der Waals surface area contributed by atoms with Crippen molar-refractivity contribution in [2.75, 3.05) is 84.2 Å². The SMILES string of the molecule is CC.CCCC.CCCC(C)CC.CCCc1cnc(C(C)OC)c(-c2c(CC(C)(C)COC=O)c3cc(N4CCOCC4)ccc3n2CC(F)(F)F)c1.CCN(CC1CCN(C(C(=O)NC(C)C(=O)N2CCCCN2)C2CCCC2)C1)C(=O)C(C)C(C(C)C)C1CC1. The van der Waals surface area contributed by atoms with E-state index in [0.717, 1.165) is 112 Å². The minimum absolute atomic E-state index is 0.00154. The van der Waals surface area contributed by atoms with Crippen molar-refractivity contribution in [1.82, 2.24) is 35.1 Å². The summed E-state index contributed by atoms with van der Waals surface area (Å²) in [6, 6.07) is 6.90. The molecule has 15 nitrogen and oxygen atoms in total. The van der Waals surface area contributed by atoms with E-state index in [1.165, 1.54) is 62.4 Å². The van der Waals surface area contributed by atoms with Crippen LogP contribution in [0.5, 0.6) is 0 Å². The maximum atomic E-state index is 14.2. The number of nitrogens with one attached hydrogen (secondary N) is 2. The predicted molar refractivity (Wildman–Crippen MR) is 374 cm³/mol. The van der Waals surface area contributed by atoms with Crippen molar-refractivity contribution >= 4 is 40.8 Å². The van der Waals surface area contributed by atoms with Gasteiger partial charge in [0.2, 0.25) is 11.8 Å². The number of aryl methyl sites for hydroxylation is 1. The van der Waals surface area contributed by atoms with E-state index in [1.54, 1.807) is 24.4 Å². The molecular weight excluding hydrogens is 1180 g/mol. The summed E-state index contributed by atoms with van der Waals surface area (Å²) in [5.74, 6) is 3.73. The highest BCUT2D eigenvalue weighted by molar-refractivity contribution is 5.95. The topological polar surface area (TPSA) is 151 Å². The number of amides is 3. The molecule has 530 valence electrons. The second-order valence-electron chi connectivity index (χ2n) is 28.1. The van der Waals surface area contributed by atoms with Crippen LogP contribution in [0.2, 0.25) is 0 Å². The number of methoxy groups -OCH3 is 1. The van der Waals surface area contributed by atoms with Crippen LogP contribution in [0.4, 0.5) is 18.9 Å². The molecule has 3 saturated heterocycles. The maximum Gasteiger partial charge on any atom is 0.406 e. The molecule has 2 aliphatic carbocycles. The van der Waals surface area contributed by atoms with Gasteiger partial charge in [-0.25, -0.2) is 5.43 Å². The number of alkyl halides is 3. The van der Waals surface area contributed by atoms with E-state index in [0.29, 0.717) is 97.8 Å². The van der Waals surface area contributed by atoms with Crippen molar-refractivity contribution in [3.05, 3.63) is 47.3 Å². The largest absolute Gasteiger partial charge is 0.467 e. The summed E-state index contributed by atoms with van der Waals surface area (Å²) in [6.07, 6.45) is 15.7. The summed E-state index contributed by atoms with van der Waals surface area (Å²) in [5.41, 5.74) is 7.43. The number of halogens is 3. The number of fused-ring (bicyclic) bond motifs is 1. The molecular formula is C75H127F3N8O7. The summed E-state index contributed by atoms with van der Waals surface area (Å²) in [5, 5.41) is 5.51. The van der Waals surface area contributed by atoms with Gasteiger partial charge in [-0.2, -0.15) is 13.2 Å². The van der Waals surface area contributed by atoms with Crippen LogP contribution in [0, 0.1) is 46.8 Å². The van der Waals surface area contributed by atoms with Gasteiger partial charge in [-0.15, -0.1) is 0 Å². The van der Waals surface area contributed by atoms with Gasteiger partial charge >= 0.3 is 6.18 Å². The molecule has 0 spiro atoms. The zero-order valence-electron chi connectivity index (χ0n) is 60.9. The monoisotopic (exact) mass is 1310 g/mol. The fourth-order valence-electron chi connectivity index (χ4n) is 14.2. The number of rotatable bonds is 28. The lowest BCUT2D eigenvalue weighted by atomic mass is 9.80. The summed E-state index contributed by atoms with van der Waals surface area (Å²) < 4.78 is 60.4. The molecule has 93 heavy (non-hydrogen) atoms. The Hall–Kier alpha value is -4.78. The Balaban J connectivity index is 0.000000334. The highest BCUT2D eigenvalue weighted by atomic mass is 19.4. The number of pyridine rings is 1. The zero-order valence-corrected chi connectivity index (χ0v) is 60.9. The van der Waals surface area contributed by atoms with Crippen LogP contribution in [0.15, 0.2) is 30.5 Å². The molecule has 2 N–H and O–H groups in total. The minimum Gasteiger partial charge on any atom is -0.467 e. The van der Waals surface area contributed by atoms with E-state index in [1.807, 2.05) is 59.7 Å². The van der Waals surface area contributed by atoms with E-state index in [4.69, 9.17) is 19.2 Å². The molecule has 0 bridgehead atoms. The number of carbonyl (C=O) groups is 4.